The Morgan fingerprint density at radius 3 is 1.35 bits per heavy atom. The molecule has 4 aromatic carbocycles. The van der Waals surface area contributed by atoms with E-state index >= 15 is 0 Å². The molecule has 0 radical (unpaired) electrons. The van der Waals surface area contributed by atoms with Gasteiger partial charge < -0.3 is 24.8 Å². The molecule has 2 aliphatic carbocycles. The van der Waals surface area contributed by atoms with E-state index in [0.29, 0.717) is 8.45 Å². The molecular formula is C37H36Cl2Ti. The van der Waals surface area contributed by atoms with Crippen LogP contribution in [0.15, 0.2) is 108 Å². The number of benzene rings is 4. The number of halogens is 2. The van der Waals surface area contributed by atoms with E-state index in [0.717, 1.165) is 12.8 Å². The molecule has 0 amide bonds. The molecule has 2 unspecified atom stereocenters. The molecule has 0 aliphatic heterocycles. The van der Waals surface area contributed by atoms with Crippen LogP contribution in [0.1, 0.15) is 80.6 Å². The van der Waals surface area contributed by atoms with Gasteiger partial charge in [0, 0.05) is 0 Å². The predicted molar refractivity (Wildman–Crippen MR) is 161 cm³/mol. The molecule has 0 nitrogen and oxygen atoms in total. The molecule has 0 aromatic heterocycles. The quantitative estimate of drug-likeness (QED) is 0.299. The van der Waals surface area contributed by atoms with Gasteiger partial charge in [0.1, 0.15) is 0 Å². The Balaban J connectivity index is 0.00000185. The molecule has 40 heavy (non-hydrogen) atoms. The van der Waals surface area contributed by atoms with Gasteiger partial charge in [-0.15, -0.1) is 0 Å². The predicted octanol–water partition coefficient (Wildman–Crippen LogP) is 3.32. The number of allylic oxidation sites excluding steroid dienone is 2. The Morgan fingerprint density at radius 1 is 0.575 bits per heavy atom. The summed E-state index contributed by atoms with van der Waals surface area (Å²) in [5.41, 5.74) is 14.7. The maximum absolute atomic E-state index is 2.49. The summed E-state index contributed by atoms with van der Waals surface area (Å²) in [6, 6.07) is 37.1. The van der Waals surface area contributed by atoms with Crippen LogP contribution in [0.2, 0.25) is 0 Å². The van der Waals surface area contributed by atoms with Crippen molar-refractivity contribution in [2.45, 2.75) is 49.0 Å². The third kappa shape index (κ3) is 5.53. The zero-order valence-electron chi connectivity index (χ0n) is 23.7. The van der Waals surface area contributed by atoms with Crippen LogP contribution in [0.3, 0.4) is 0 Å². The second-order valence-electron chi connectivity index (χ2n) is 10.8. The number of rotatable bonds is 6. The zero-order chi connectivity index (χ0) is 26.2. The van der Waals surface area contributed by atoms with Crippen LogP contribution >= 0.6 is 0 Å². The van der Waals surface area contributed by atoms with Crippen LogP contribution in [0.5, 0.6) is 0 Å². The molecule has 0 N–H and O–H groups in total. The molecule has 2 aliphatic rings. The van der Waals surface area contributed by atoms with E-state index in [1.807, 2.05) is 0 Å². The van der Waals surface area contributed by atoms with Gasteiger partial charge in [-0.2, -0.15) is 0 Å². The number of aryl methyl sites for hydroxylation is 2. The Bertz CT molecular complexity index is 1480. The summed E-state index contributed by atoms with van der Waals surface area (Å²) >= 11 is -2.17. The van der Waals surface area contributed by atoms with Gasteiger partial charge in [0.05, 0.1) is 0 Å². The van der Waals surface area contributed by atoms with Gasteiger partial charge in [0.15, 0.2) is 0 Å². The van der Waals surface area contributed by atoms with Crippen LogP contribution in [-0.2, 0) is 30.2 Å². The average Bonchev–Trinajstić information content (AvgIpc) is 3.46. The van der Waals surface area contributed by atoms with E-state index in [2.05, 4.69) is 137 Å². The van der Waals surface area contributed by atoms with Gasteiger partial charge in [0.2, 0.25) is 0 Å². The van der Waals surface area contributed by atoms with E-state index in [-0.39, 0.29) is 24.8 Å². The SMILES string of the molecule is CCc1ccc2c(c1)C=C(C)[CH]2[Ti+2](=[C](c1ccccc1)c1ccccc1)[CH]1C(C)=Cc2cc(CC)ccc21.[Cl-].[Cl-]. The van der Waals surface area contributed by atoms with Crippen LogP contribution in [0.25, 0.3) is 12.2 Å². The minimum absolute atomic E-state index is 0. The van der Waals surface area contributed by atoms with Gasteiger partial charge in [-0.25, -0.2) is 0 Å². The molecule has 0 saturated carbocycles. The Labute approximate surface area is 258 Å². The summed E-state index contributed by atoms with van der Waals surface area (Å²) in [7, 11) is 0. The fourth-order valence-corrected chi connectivity index (χ4v) is 13.2. The third-order valence-corrected chi connectivity index (χ3v) is 14.6. The Hall–Kier alpha value is -2.48. The molecule has 0 fully saturated rings. The fourth-order valence-electron chi connectivity index (χ4n) is 6.60. The smallest absolute Gasteiger partial charge is 1.00 e. The Morgan fingerprint density at radius 2 is 0.975 bits per heavy atom. The van der Waals surface area contributed by atoms with Crippen molar-refractivity contribution >= 4 is 16.0 Å². The average molecular weight is 599 g/mol. The minimum atomic E-state index is -2.17. The standard InChI is InChI=1S/C13H10.2C12H13.2ClH.Ti/c1-3-7-12(8-4-1)11-13-9-5-2-6-10-13;2*1-3-10-4-5-11-6-9(2)7-12(11)8-10;;;/h1-10H;2*4-8H,3H2,1-2H3;2*1H;/q;;;;;+2/p-2. The first kappa shape index (κ1) is 30.5. The van der Waals surface area contributed by atoms with Crippen molar-refractivity contribution in [1.82, 2.24) is 0 Å². The Kier molecular flexibility index (Phi) is 9.91. The van der Waals surface area contributed by atoms with E-state index in [4.69, 9.17) is 0 Å². The van der Waals surface area contributed by atoms with Crippen molar-refractivity contribution < 1.29 is 42.2 Å². The van der Waals surface area contributed by atoms with E-state index in [1.165, 1.54) is 33.4 Å². The van der Waals surface area contributed by atoms with Crippen LogP contribution in [0, 0.1) is 0 Å². The van der Waals surface area contributed by atoms with E-state index in [1.54, 1.807) is 26.1 Å². The summed E-state index contributed by atoms with van der Waals surface area (Å²) in [6.07, 6.45) is 7.15. The summed E-state index contributed by atoms with van der Waals surface area (Å²) < 4.78 is 2.58. The van der Waals surface area contributed by atoms with Crippen LogP contribution in [-0.4, -0.2) is 3.81 Å². The minimum Gasteiger partial charge on any atom is -1.00 e. The van der Waals surface area contributed by atoms with E-state index in [9.17, 15) is 0 Å². The number of fused-ring (bicyclic) bond motifs is 2. The van der Waals surface area contributed by atoms with Crippen molar-refractivity contribution in [3.63, 3.8) is 0 Å². The molecule has 0 spiro atoms. The summed E-state index contributed by atoms with van der Waals surface area (Å²) in [6.45, 7) is 9.31. The molecular weight excluding hydrogens is 563 g/mol. The van der Waals surface area contributed by atoms with Gasteiger partial charge >= 0.3 is 235 Å². The molecule has 2 atom stereocenters. The van der Waals surface area contributed by atoms with Crippen molar-refractivity contribution in [2.75, 3.05) is 0 Å². The third-order valence-electron chi connectivity index (χ3n) is 8.45. The summed E-state index contributed by atoms with van der Waals surface area (Å²) in [5, 5.41) is 0. The first-order chi connectivity index (χ1) is 18.6. The van der Waals surface area contributed by atoms with Gasteiger partial charge in [-0.1, -0.05) is 0 Å². The molecule has 6 rings (SSSR count). The van der Waals surface area contributed by atoms with Crippen molar-refractivity contribution in [1.29, 1.82) is 0 Å². The molecule has 202 valence electrons. The zero-order valence-corrected chi connectivity index (χ0v) is 26.8. The molecule has 0 bridgehead atoms. The first-order valence-corrected chi connectivity index (χ1v) is 16.6. The van der Waals surface area contributed by atoms with Crippen molar-refractivity contribution in [3.05, 3.63) is 153 Å². The molecule has 0 saturated heterocycles. The van der Waals surface area contributed by atoms with E-state index < -0.39 is 17.4 Å². The largest absolute Gasteiger partial charge is 1.00 e. The van der Waals surface area contributed by atoms with Gasteiger partial charge in [-0.3, -0.25) is 0 Å². The maximum Gasteiger partial charge on any atom is -1.00 e. The topological polar surface area (TPSA) is 0 Å². The molecule has 4 aromatic rings. The van der Waals surface area contributed by atoms with Crippen LogP contribution in [0.4, 0.5) is 0 Å². The first-order valence-electron chi connectivity index (χ1n) is 14.1. The fraction of sp³-hybridized carbons (Fsp3) is 0.216. The molecule has 3 heteroatoms. The maximum atomic E-state index is 2.49. The van der Waals surface area contributed by atoms with Crippen molar-refractivity contribution in [2.24, 2.45) is 0 Å². The van der Waals surface area contributed by atoms with Crippen LogP contribution < -0.4 is 24.8 Å². The monoisotopic (exact) mass is 598 g/mol. The number of hydrogen-bond acceptors (Lipinski definition) is 0. The van der Waals surface area contributed by atoms with Gasteiger partial charge in [0.25, 0.3) is 0 Å². The normalized spacial score (nSPS) is 16.4. The van der Waals surface area contributed by atoms with Gasteiger partial charge in [-0.05, 0) is 0 Å². The summed E-state index contributed by atoms with van der Waals surface area (Å²) in [5.74, 6) is 0. The van der Waals surface area contributed by atoms with Crippen molar-refractivity contribution in [3.8, 4) is 0 Å². The second kappa shape index (κ2) is 13.0. The summed E-state index contributed by atoms with van der Waals surface area (Å²) in [4.78, 5) is 0. The number of hydrogen-bond donors (Lipinski definition) is 0. The second-order valence-corrected chi connectivity index (χ2v) is 14.8. The molecule has 0 heterocycles.